The number of amides is 2. The summed E-state index contributed by atoms with van der Waals surface area (Å²) in [7, 11) is 0. The number of benzene rings is 2. The number of hydrogen-bond donors (Lipinski definition) is 2. The molecule has 174 valence electrons. The zero-order valence-electron chi connectivity index (χ0n) is 19.3. The summed E-state index contributed by atoms with van der Waals surface area (Å²) in [6.45, 7) is 5.72. The van der Waals surface area contributed by atoms with Crippen LogP contribution in [0.4, 0.5) is 5.69 Å². The van der Waals surface area contributed by atoms with E-state index in [1.807, 2.05) is 38.1 Å². The van der Waals surface area contributed by atoms with Gasteiger partial charge in [-0.15, -0.1) is 0 Å². The molecule has 0 spiro atoms. The largest absolute Gasteiger partial charge is 0.508 e. The zero-order chi connectivity index (χ0) is 23.8. The summed E-state index contributed by atoms with van der Waals surface area (Å²) < 4.78 is 0. The minimum Gasteiger partial charge on any atom is -0.508 e. The molecule has 7 nitrogen and oxygen atoms in total. The Kier molecular flexibility index (Phi) is 8.45. The van der Waals surface area contributed by atoms with Crippen LogP contribution in [0.15, 0.2) is 48.5 Å². The van der Waals surface area contributed by atoms with Gasteiger partial charge in [-0.25, -0.2) is 0 Å². The molecule has 1 fully saturated rings. The number of nitrogens with zero attached hydrogens (tertiary/aromatic N) is 3. The van der Waals surface area contributed by atoms with Gasteiger partial charge in [0.05, 0.1) is 25.0 Å². The number of aromatic hydroxyl groups is 1. The van der Waals surface area contributed by atoms with E-state index in [1.54, 1.807) is 29.2 Å². The Hall–Kier alpha value is -3.37. The maximum Gasteiger partial charge on any atom is 0.244 e. The molecule has 2 aromatic carbocycles. The Morgan fingerprint density at radius 1 is 1.15 bits per heavy atom. The molecule has 1 heterocycles. The molecule has 0 bridgehead atoms. The molecule has 3 rings (SSSR count). The van der Waals surface area contributed by atoms with Gasteiger partial charge in [0.25, 0.3) is 0 Å². The Morgan fingerprint density at radius 3 is 2.39 bits per heavy atom. The van der Waals surface area contributed by atoms with Crippen LogP contribution < -0.4 is 10.2 Å². The first-order valence-corrected chi connectivity index (χ1v) is 11.4. The topological polar surface area (TPSA) is 96.7 Å². The van der Waals surface area contributed by atoms with Crippen molar-refractivity contribution in [2.75, 3.05) is 24.5 Å². The van der Waals surface area contributed by atoms with E-state index < -0.39 is 0 Å². The van der Waals surface area contributed by atoms with Crippen LogP contribution >= 0.6 is 0 Å². The van der Waals surface area contributed by atoms with E-state index in [-0.39, 0.29) is 42.5 Å². The lowest BCUT2D eigenvalue weighted by Crippen LogP contribution is -2.53. The highest BCUT2D eigenvalue weighted by Crippen LogP contribution is 2.20. The van der Waals surface area contributed by atoms with E-state index in [9.17, 15) is 14.7 Å². The van der Waals surface area contributed by atoms with Crippen molar-refractivity contribution in [3.8, 4) is 11.8 Å². The number of anilines is 1. The predicted molar refractivity (Wildman–Crippen MR) is 128 cm³/mol. The second-order valence-electron chi connectivity index (χ2n) is 8.63. The van der Waals surface area contributed by atoms with Crippen LogP contribution in [0.1, 0.15) is 37.3 Å². The lowest BCUT2D eigenvalue weighted by Gasteiger charge is -2.37. The van der Waals surface area contributed by atoms with Crippen molar-refractivity contribution in [2.24, 2.45) is 0 Å². The van der Waals surface area contributed by atoms with Gasteiger partial charge in [-0.1, -0.05) is 29.8 Å². The second kappa shape index (κ2) is 11.5. The summed E-state index contributed by atoms with van der Waals surface area (Å²) >= 11 is 0. The fraction of sp³-hybridized carbons (Fsp3) is 0.423. The Labute approximate surface area is 195 Å². The average Bonchev–Trinajstić information content (AvgIpc) is 2.81. The lowest BCUT2D eigenvalue weighted by molar-refractivity contribution is -0.125. The van der Waals surface area contributed by atoms with Crippen LogP contribution in [0.5, 0.6) is 5.75 Å². The highest BCUT2D eigenvalue weighted by Gasteiger charge is 2.30. The summed E-state index contributed by atoms with van der Waals surface area (Å²) in [4.78, 5) is 29.6. The van der Waals surface area contributed by atoms with E-state index in [2.05, 4.69) is 16.3 Å². The second-order valence-corrected chi connectivity index (χ2v) is 8.63. The third-order valence-corrected chi connectivity index (χ3v) is 6.16. The van der Waals surface area contributed by atoms with Gasteiger partial charge >= 0.3 is 0 Å². The number of rotatable bonds is 8. The number of nitrogens with one attached hydrogen (secondary N) is 1. The predicted octanol–water partition coefficient (Wildman–Crippen LogP) is 3.16. The number of phenols is 1. The number of carbonyl (C=O) groups excluding carboxylic acids is 2. The average molecular weight is 449 g/mol. The molecule has 33 heavy (non-hydrogen) atoms. The van der Waals surface area contributed by atoms with E-state index in [1.165, 1.54) is 0 Å². The van der Waals surface area contributed by atoms with Crippen LogP contribution in [-0.4, -0.2) is 53.5 Å². The highest BCUT2D eigenvalue weighted by molar-refractivity contribution is 5.97. The van der Waals surface area contributed by atoms with E-state index in [4.69, 9.17) is 5.26 Å². The van der Waals surface area contributed by atoms with Gasteiger partial charge in [-0.05, 0) is 56.5 Å². The van der Waals surface area contributed by atoms with Gasteiger partial charge in [0, 0.05) is 31.4 Å². The molecule has 1 atom stereocenters. The lowest BCUT2D eigenvalue weighted by atomic mass is 10.0. The molecule has 2 aromatic rings. The molecule has 0 radical (unpaired) electrons. The van der Waals surface area contributed by atoms with Crippen molar-refractivity contribution in [3.63, 3.8) is 0 Å². The minimum absolute atomic E-state index is 0.0103. The molecule has 2 N–H and O–H groups in total. The quantitative estimate of drug-likeness (QED) is 0.647. The van der Waals surface area contributed by atoms with E-state index in [0.717, 1.165) is 42.7 Å². The first-order valence-electron chi connectivity index (χ1n) is 11.4. The molecular weight excluding hydrogens is 416 g/mol. The first-order chi connectivity index (χ1) is 15.9. The summed E-state index contributed by atoms with van der Waals surface area (Å²) in [6.07, 6.45) is 2.12. The maximum absolute atomic E-state index is 13.3. The zero-order valence-corrected chi connectivity index (χ0v) is 19.3. The summed E-state index contributed by atoms with van der Waals surface area (Å²) in [5.74, 6) is 0.137. The van der Waals surface area contributed by atoms with Gasteiger partial charge in [-0.3, -0.25) is 14.5 Å². The third-order valence-electron chi connectivity index (χ3n) is 6.16. The van der Waals surface area contributed by atoms with Gasteiger partial charge in [0.2, 0.25) is 11.8 Å². The fourth-order valence-corrected chi connectivity index (χ4v) is 4.14. The summed E-state index contributed by atoms with van der Waals surface area (Å²) in [5.41, 5.74) is 2.79. The van der Waals surface area contributed by atoms with Gasteiger partial charge in [-0.2, -0.15) is 5.26 Å². The molecule has 0 aliphatic carbocycles. The smallest absolute Gasteiger partial charge is 0.244 e. The molecular formula is C26H32N4O3. The molecule has 7 heteroatoms. The van der Waals surface area contributed by atoms with Crippen molar-refractivity contribution < 1.29 is 14.7 Å². The van der Waals surface area contributed by atoms with Crippen molar-refractivity contribution >= 4 is 17.5 Å². The first kappa shape index (κ1) is 24.3. The number of likely N-dealkylation sites (tertiary alicyclic amines) is 1. The third kappa shape index (κ3) is 6.80. The van der Waals surface area contributed by atoms with Gasteiger partial charge in [0.15, 0.2) is 0 Å². The molecule has 1 aliphatic heterocycles. The highest BCUT2D eigenvalue weighted by atomic mass is 16.3. The number of carbonyl (C=O) groups is 2. The number of piperidine rings is 1. The summed E-state index contributed by atoms with van der Waals surface area (Å²) in [5, 5.41) is 21.5. The Balaban J connectivity index is 1.53. The fourth-order valence-electron chi connectivity index (χ4n) is 4.14. The summed E-state index contributed by atoms with van der Waals surface area (Å²) in [6, 6.07) is 16.4. The number of aryl methyl sites for hydroxylation is 1. The van der Waals surface area contributed by atoms with Crippen molar-refractivity contribution in [1.29, 1.82) is 5.26 Å². The van der Waals surface area contributed by atoms with Crippen LogP contribution in [0.25, 0.3) is 0 Å². The van der Waals surface area contributed by atoms with Crippen LogP contribution in [0, 0.1) is 18.3 Å². The monoisotopic (exact) mass is 448 g/mol. The Bertz CT molecular complexity index is 974. The molecule has 2 amide bonds. The standard InChI is InChI=1S/C26H32N4O3/c1-19-4-8-23(9-5-19)30(15-3-14-27)26(33)20(2)29-16-12-22(13-17-29)28-25(32)18-21-6-10-24(31)11-7-21/h4-11,20,22,31H,3,12-13,15-18H2,1-2H3,(H,28,32)/t20-/m1/s1. The molecule has 1 saturated heterocycles. The number of nitriles is 1. The Morgan fingerprint density at radius 2 is 1.79 bits per heavy atom. The van der Waals surface area contributed by atoms with E-state index >= 15 is 0 Å². The van der Waals surface area contributed by atoms with Crippen LogP contribution in [0.3, 0.4) is 0 Å². The molecule has 0 aromatic heterocycles. The molecule has 0 unspecified atom stereocenters. The van der Waals surface area contributed by atoms with Crippen molar-refractivity contribution in [2.45, 2.75) is 51.6 Å². The SMILES string of the molecule is Cc1ccc(N(CCC#N)C(=O)[C@@H](C)N2CCC(NC(=O)Cc3ccc(O)cc3)CC2)cc1. The van der Waals surface area contributed by atoms with Crippen molar-refractivity contribution in [3.05, 3.63) is 59.7 Å². The molecule has 1 aliphatic rings. The number of phenolic OH excluding ortho intramolecular Hbond substituents is 1. The van der Waals surface area contributed by atoms with Crippen molar-refractivity contribution in [1.82, 2.24) is 10.2 Å². The number of hydrogen-bond acceptors (Lipinski definition) is 5. The molecule has 0 saturated carbocycles. The van der Waals surface area contributed by atoms with E-state index in [0.29, 0.717) is 6.54 Å². The minimum atomic E-state index is -0.307. The van der Waals surface area contributed by atoms with Crippen LogP contribution in [0.2, 0.25) is 0 Å². The van der Waals surface area contributed by atoms with Crippen LogP contribution in [-0.2, 0) is 16.0 Å². The van der Waals surface area contributed by atoms with Gasteiger partial charge < -0.3 is 15.3 Å². The normalized spacial score (nSPS) is 15.4. The van der Waals surface area contributed by atoms with Gasteiger partial charge in [0.1, 0.15) is 5.75 Å². The maximum atomic E-state index is 13.3.